The number of nitrogens with one attached hydrogen (secondary N) is 2. The van der Waals surface area contributed by atoms with Gasteiger partial charge in [0.15, 0.2) is 5.82 Å². The van der Waals surface area contributed by atoms with E-state index in [2.05, 4.69) is 22.5 Å². The number of nitrogens with zero attached hydrogens (tertiary/aromatic N) is 2. The third kappa shape index (κ3) is 4.53. The summed E-state index contributed by atoms with van der Waals surface area (Å²) in [6.07, 6.45) is 4.58. The van der Waals surface area contributed by atoms with E-state index in [0.29, 0.717) is 24.6 Å². The maximum atomic E-state index is 13.0. The first kappa shape index (κ1) is 19.1. The van der Waals surface area contributed by atoms with Gasteiger partial charge in [-0.25, -0.2) is 9.37 Å². The van der Waals surface area contributed by atoms with Crippen LogP contribution < -0.4 is 10.6 Å². The average molecular weight is 372 g/mol. The van der Waals surface area contributed by atoms with E-state index in [4.69, 9.17) is 0 Å². The number of unbranched alkanes of at least 4 members (excludes halogenated alkanes) is 1. The maximum absolute atomic E-state index is 13.0. The van der Waals surface area contributed by atoms with Gasteiger partial charge in [-0.3, -0.25) is 9.59 Å². The molecule has 1 aromatic carbocycles. The Bertz CT molecular complexity index is 814. The number of hydrogen-bond donors (Lipinski definition) is 2. The smallest absolute Gasteiger partial charge is 0.287 e. The van der Waals surface area contributed by atoms with Crippen molar-refractivity contribution in [1.82, 2.24) is 20.2 Å². The molecule has 2 amide bonds. The topological polar surface area (TPSA) is 76.0 Å². The highest BCUT2D eigenvalue weighted by Gasteiger charge is 2.27. The number of imidazole rings is 1. The van der Waals surface area contributed by atoms with E-state index in [1.165, 1.54) is 12.1 Å². The molecule has 0 saturated heterocycles. The van der Waals surface area contributed by atoms with Gasteiger partial charge in [-0.15, -0.1) is 0 Å². The SMILES string of the molecule is CCCCNC(=O)c1nc(C(=O)NCc2ccc(F)cc2)c2n1CCCC2. The quantitative estimate of drug-likeness (QED) is 0.734. The number of amides is 2. The highest BCUT2D eigenvalue weighted by Crippen LogP contribution is 2.21. The Morgan fingerprint density at radius 1 is 1.15 bits per heavy atom. The lowest BCUT2D eigenvalue weighted by Crippen LogP contribution is -2.28. The van der Waals surface area contributed by atoms with Crippen molar-refractivity contribution in [3.05, 3.63) is 52.9 Å². The minimum absolute atomic E-state index is 0.232. The molecule has 0 radical (unpaired) electrons. The molecule has 7 heteroatoms. The number of halogens is 1. The van der Waals surface area contributed by atoms with Crippen molar-refractivity contribution in [3.63, 3.8) is 0 Å². The van der Waals surface area contributed by atoms with E-state index in [1.807, 2.05) is 4.57 Å². The fourth-order valence-electron chi connectivity index (χ4n) is 3.22. The van der Waals surface area contributed by atoms with Crippen molar-refractivity contribution in [3.8, 4) is 0 Å². The van der Waals surface area contributed by atoms with Crippen LogP contribution >= 0.6 is 0 Å². The molecule has 0 saturated carbocycles. The summed E-state index contributed by atoms with van der Waals surface area (Å²) in [6.45, 7) is 3.64. The van der Waals surface area contributed by atoms with E-state index >= 15 is 0 Å². The summed E-state index contributed by atoms with van der Waals surface area (Å²) in [6, 6.07) is 5.98. The van der Waals surface area contributed by atoms with E-state index in [0.717, 1.165) is 43.4 Å². The number of benzene rings is 1. The molecule has 27 heavy (non-hydrogen) atoms. The molecule has 1 aliphatic heterocycles. The van der Waals surface area contributed by atoms with Crippen LogP contribution in [0.3, 0.4) is 0 Å². The van der Waals surface area contributed by atoms with Crippen LogP contribution in [0.5, 0.6) is 0 Å². The third-order valence-corrected chi connectivity index (χ3v) is 4.72. The Labute approximate surface area is 158 Å². The molecule has 0 aliphatic carbocycles. The van der Waals surface area contributed by atoms with E-state index in [-0.39, 0.29) is 24.2 Å². The first-order chi connectivity index (χ1) is 13.1. The van der Waals surface area contributed by atoms with Gasteiger partial charge < -0.3 is 15.2 Å². The third-order valence-electron chi connectivity index (χ3n) is 4.72. The first-order valence-electron chi connectivity index (χ1n) is 9.50. The van der Waals surface area contributed by atoms with Crippen molar-refractivity contribution in [2.24, 2.45) is 0 Å². The fraction of sp³-hybridized carbons (Fsp3) is 0.450. The number of aromatic nitrogens is 2. The zero-order chi connectivity index (χ0) is 19.2. The first-order valence-corrected chi connectivity index (χ1v) is 9.50. The van der Waals surface area contributed by atoms with Gasteiger partial charge in [-0.1, -0.05) is 25.5 Å². The Kier molecular flexibility index (Phi) is 6.21. The highest BCUT2D eigenvalue weighted by molar-refractivity contribution is 5.97. The Morgan fingerprint density at radius 2 is 1.93 bits per heavy atom. The Morgan fingerprint density at radius 3 is 2.67 bits per heavy atom. The van der Waals surface area contributed by atoms with Crippen LogP contribution in [-0.4, -0.2) is 27.9 Å². The molecule has 0 fully saturated rings. The van der Waals surface area contributed by atoms with Gasteiger partial charge in [-0.05, 0) is 43.4 Å². The lowest BCUT2D eigenvalue weighted by molar-refractivity contribution is 0.0937. The van der Waals surface area contributed by atoms with Crippen LogP contribution in [0.4, 0.5) is 4.39 Å². The average Bonchev–Trinajstić information content (AvgIpc) is 3.07. The van der Waals surface area contributed by atoms with Gasteiger partial charge in [0.05, 0.1) is 5.69 Å². The Balaban J connectivity index is 1.74. The zero-order valence-electron chi connectivity index (χ0n) is 15.6. The van der Waals surface area contributed by atoms with Crippen LogP contribution in [-0.2, 0) is 19.5 Å². The molecular formula is C20H25FN4O2. The maximum Gasteiger partial charge on any atom is 0.287 e. The standard InChI is InChI=1S/C20H25FN4O2/c1-2-3-11-22-20(27)18-24-17(16-6-4-5-12-25(16)18)19(26)23-13-14-7-9-15(21)10-8-14/h7-10H,2-6,11-13H2,1H3,(H,22,27)(H,23,26). The van der Waals surface area contributed by atoms with Gasteiger partial charge in [0.1, 0.15) is 11.5 Å². The van der Waals surface area contributed by atoms with Gasteiger partial charge >= 0.3 is 0 Å². The highest BCUT2D eigenvalue weighted by atomic mass is 19.1. The normalized spacial score (nSPS) is 13.1. The lowest BCUT2D eigenvalue weighted by atomic mass is 10.1. The van der Waals surface area contributed by atoms with Crippen molar-refractivity contribution >= 4 is 11.8 Å². The van der Waals surface area contributed by atoms with Crippen molar-refractivity contribution in [2.75, 3.05) is 6.54 Å². The number of hydrogen-bond acceptors (Lipinski definition) is 3. The summed E-state index contributed by atoms with van der Waals surface area (Å²) in [5, 5.41) is 5.70. The number of rotatable bonds is 7. The molecule has 1 aliphatic rings. The van der Waals surface area contributed by atoms with E-state index in [9.17, 15) is 14.0 Å². The minimum atomic E-state index is -0.313. The summed E-state index contributed by atoms with van der Waals surface area (Å²) < 4.78 is 14.9. The Hall–Kier alpha value is -2.70. The van der Waals surface area contributed by atoms with Crippen LogP contribution in [0.2, 0.25) is 0 Å². The van der Waals surface area contributed by atoms with Gasteiger partial charge in [0.25, 0.3) is 11.8 Å². The molecule has 2 N–H and O–H groups in total. The number of carbonyl (C=O) groups excluding carboxylic acids is 2. The largest absolute Gasteiger partial charge is 0.349 e. The second kappa shape index (κ2) is 8.79. The molecule has 2 heterocycles. The summed E-state index contributed by atoms with van der Waals surface area (Å²) >= 11 is 0. The molecule has 0 spiro atoms. The predicted molar refractivity (Wildman–Crippen MR) is 100.0 cm³/mol. The number of carbonyl (C=O) groups is 2. The molecule has 6 nitrogen and oxygen atoms in total. The molecule has 0 bridgehead atoms. The van der Waals surface area contributed by atoms with Gasteiger partial charge in [-0.2, -0.15) is 0 Å². The van der Waals surface area contributed by atoms with Gasteiger partial charge in [0, 0.05) is 19.6 Å². The van der Waals surface area contributed by atoms with Gasteiger partial charge in [0.2, 0.25) is 0 Å². The zero-order valence-corrected chi connectivity index (χ0v) is 15.6. The lowest BCUT2D eigenvalue weighted by Gasteiger charge is -2.17. The summed E-state index contributed by atoms with van der Waals surface area (Å²) in [5.41, 5.74) is 1.94. The predicted octanol–water partition coefficient (Wildman–Crippen LogP) is 2.82. The second-order valence-electron chi connectivity index (χ2n) is 6.76. The molecule has 144 valence electrons. The van der Waals surface area contributed by atoms with Crippen LogP contribution in [0.25, 0.3) is 0 Å². The minimum Gasteiger partial charge on any atom is -0.349 e. The number of fused-ring (bicyclic) bond motifs is 1. The fourth-order valence-corrected chi connectivity index (χ4v) is 3.22. The molecule has 3 rings (SSSR count). The van der Waals surface area contributed by atoms with Crippen LogP contribution in [0, 0.1) is 5.82 Å². The van der Waals surface area contributed by atoms with Crippen molar-refractivity contribution in [1.29, 1.82) is 0 Å². The molecule has 2 aromatic rings. The van der Waals surface area contributed by atoms with Crippen LogP contribution in [0.15, 0.2) is 24.3 Å². The summed E-state index contributed by atoms with van der Waals surface area (Å²) in [7, 11) is 0. The molecule has 0 atom stereocenters. The second-order valence-corrected chi connectivity index (χ2v) is 6.76. The molecule has 1 aromatic heterocycles. The van der Waals surface area contributed by atoms with E-state index < -0.39 is 0 Å². The van der Waals surface area contributed by atoms with Crippen molar-refractivity contribution < 1.29 is 14.0 Å². The van der Waals surface area contributed by atoms with E-state index in [1.54, 1.807) is 12.1 Å². The monoisotopic (exact) mass is 372 g/mol. The van der Waals surface area contributed by atoms with Crippen molar-refractivity contribution in [2.45, 2.75) is 52.1 Å². The summed E-state index contributed by atoms with van der Waals surface area (Å²) in [4.78, 5) is 29.5. The molecular weight excluding hydrogens is 347 g/mol. The molecule has 0 unspecified atom stereocenters. The summed E-state index contributed by atoms with van der Waals surface area (Å²) in [5.74, 6) is -0.540. The van der Waals surface area contributed by atoms with Crippen LogP contribution in [0.1, 0.15) is 65.0 Å².